The van der Waals surface area contributed by atoms with E-state index in [0.717, 1.165) is 12.1 Å². The van der Waals surface area contributed by atoms with Gasteiger partial charge in [-0.1, -0.05) is 27.5 Å². The summed E-state index contributed by atoms with van der Waals surface area (Å²) in [6, 6.07) is 7.44. The van der Waals surface area contributed by atoms with E-state index >= 15 is 0 Å². The summed E-state index contributed by atoms with van der Waals surface area (Å²) >= 11 is 8.98. The van der Waals surface area contributed by atoms with E-state index in [2.05, 4.69) is 15.9 Å². The molecule has 2 aromatic rings. The predicted octanol–water partition coefficient (Wildman–Crippen LogP) is 4.61. The van der Waals surface area contributed by atoms with E-state index in [1.165, 1.54) is 6.07 Å². The summed E-state index contributed by atoms with van der Waals surface area (Å²) in [6.07, 6.45) is 0. The lowest BCUT2D eigenvalue weighted by atomic mass is 10.0. The lowest BCUT2D eigenvalue weighted by Crippen LogP contribution is -2.05. The van der Waals surface area contributed by atoms with Gasteiger partial charge in [0.2, 0.25) is 0 Å². The molecule has 0 atom stereocenters. The van der Waals surface area contributed by atoms with Crippen molar-refractivity contribution in [3.05, 3.63) is 68.7 Å². The second-order valence-electron chi connectivity index (χ2n) is 3.58. The fourth-order valence-electron chi connectivity index (χ4n) is 1.49. The Labute approximate surface area is 116 Å². The maximum atomic E-state index is 13.5. The first-order valence-electron chi connectivity index (χ1n) is 4.94. The number of hydrogen-bond donors (Lipinski definition) is 0. The van der Waals surface area contributed by atoms with E-state index in [-0.39, 0.29) is 11.1 Å². The third-order valence-electron chi connectivity index (χ3n) is 2.35. The number of carbonyl (C=O) groups is 1. The molecule has 0 saturated heterocycles. The van der Waals surface area contributed by atoms with E-state index in [0.29, 0.717) is 15.6 Å². The largest absolute Gasteiger partial charge is 0.288 e. The molecule has 2 rings (SSSR count). The molecule has 0 aliphatic heterocycles. The van der Waals surface area contributed by atoms with E-state index in [4.69, 9.17) is 11.6 Å². The minimum absolute atomic E-state index is 0.195. The molecule has 0 radical (unpaired) electrons. The Morgan fingerprint density at radius 3 is 2.44 bits per heavy atom. The van der Waals surface area contributed by atoms with Crippen molar-refractivity contribution >= 4 is 33.3 Å². The van der Waals surface area contributed by atoms with E-state index < -0.39 is 17.4 Å². The van der Waals surface area contributed by atoms with Gasteiger partial charge in [0.05, 0.1) is 5.56 Å². The molecule has 0 aromatic heterocycles. The third kappa shape index (κ3) is 2.60. The maximum Gasteiger partial charge on any atom is 0.197 e. The van der Waals surface area contributed by atoms with Crippen molar-refractivity contribution in [2.45, 2.75) is 0 Å². The van der Waals surface area contributed by atoms with Crippen molar-refractivity contribution in [3.63, 3.8) is 0 Å². The molecule has 18 heavy (non-hydrogen) atoms. The fraction of sp³-hybridized carbons (Fsp3) is 0. The van der Waals surface area contributed by atoms with Gasteiger partial charge in [0.15, 0.2) is 5.78 Å². The molecule has 0 aliphatic rings. The van der Waals surface area contributed by atoms with Crippen LogP contribution in [-0.2, 0) is 0 Å². The standard InChI is InChI=1S/C13H6BrClF2O/c14-11-4-1-7(15)5-10(11)13(18)9-3-2-8(16)6-12(9)17/h1-6H. The van der Waals surface area contributed by atoms with E-state index in [1.54, 1.807) is 12.1 Å². The molecule has 92 valence electrons. The van der Waals surface area contributed by atoms with Crippen molar-refractivity contribution in [2.75, 3.05) is 0 Å². The Kier molecular flexibility index (Phi) is 3.78. The van der Waals surface area contributed by atoms with E-state index in [9.17, 15) is 13.6 Å². The molecule has 0 heterocycles. The first-order chi connectivity index (χ1) is 8.49. The molecule has 5 heteroatoms. The quantitative estimate of drug-likeness (QED) is 0.734. The van der Waals surface area contributed by atoms with Crippen LogP contribution in [0.4, 0.5) is 8.78 Å². The topological polar surface area (TPSA) is 17.1 Å². The minimum atomic E-state index is -0.896. The van der Waals surface area contributed by atoms with E-state index in [1.807, 2.05) is 0 Å². The molecular weight excluding hydrogens is 325 g/mol. The van der Waals surface area contributed by atoms with Crippen LogP contribution >= 0.6 is 27.5 Å². The van der Waals surface area contributed by atoms with Gasteiger partial charge < -0.3 is 0 Å². The van der Waals surface area contributed by atoms with Gasteiger partial charge in [0, 0.05) is 21.1 Å². The van der Waals surface area contributed by atoms with Crippen LogP contribution in [0.3, 0.4) is 0 Å². The number of halogens is 4. The van der Waals surface area contributed by atoms with Gasteiger partial charge in [0.1, 0.15) is 11.6 Å². The van der Waals surface area contributed by atoms with Gasteiger partial charge in [-0.2, -0.15) is 0 Å². The normalized spacial score (nSPS) is 10.4. The summed E-state index contributed by atoms with van der Waals surface area (Å²) in [7, 11) is 0. The second kappa shape index (κ2) is 5.16. The Morgan fingerprint density at radius 2 is 1.78 bits per heavy atom. The van der Waals surface area contributed by atoms with Gasteiger partial charge in [-0.3, -0.25) is 4.79 Å². The van der Waals surface area contributed by atoms with Crippen LogP contribution in [0.1, 0.15) is 15.9 Å². The third-order valence-corrected chi connectivity index (χ3v) is 3.28. The van der Waals surface area contributed by atoms with Crippen LogP contribution < -0.4 is 0 Å². The zero-order chi connectivity index (χ0) is 13.3. The van der Waals surface area contributed by atoms with Crippen LogP contribution in [0.5, 0.6) is 0 Å². The Bertz CT molecular complexity index is 628. The zero-order valence-corrected chi connectivity index (χ0v) is 11.2. The summed E-state index contributed by atoms with van der Waals surface area (Å²) < 4.78 is 26.8. The molecule has 0 unspecified atom stereocenters. The highest BCUT2D eigenvalue weighted by Gasteiger charge is 2.17. The maximum absolute atomic E-state index is 13.5. The summed E-state index contributed by atoms with van der Waals surface area (Å²) in [5.74, 6) is -2.18. The molecule has 0 fully saturated rings. The highest BCUT2D eigenvalue weighted by atomic mass is 79.9. The minimum Gasteiger partial charge on any atom is -0.288 e. The molecule has 1 nitrogen and oxygen atoms in total. The number of ketones is 1. The number of carbonyl (C=O) groups excluding carboxylic acids is 1. The molecule has 2 aromatic carbocycles. The summed E-state index contributed by atoms with van der Waals surface area (Å²) in [6.45, 7) is 0. The summed E-state index contributed by atoms with van der Waals surface area (Å²) in [5, 5.41) is 0.365. The van der Waals surface area contributed by atoms with Crippen molar-refractivity contribution in [3.8, 4) is 0 Å². The van der Waals surface area contributed by atoms with Gasteiger partial charge in [-0.05, 0) is 30.3 Å². The average molecular weight is 332 g/mol. The van der Waals surface area contributed by atoms with Crippen molar-refractivity contribution < 1.29 is 13.6 Å². The van der Waals surface area contributed by atoms with Crippen molar-refractivity contribution in [1.82, 2.24) is 0 Å². The second-order valence-corrected chi connectivity index (χ2v) is 4.87. The number of rotatable bonds is 2. The Balaban J connectivity index is 2.51. The molecule has 0 aliphatic carbocycles. The first-order valence-corrected chi connectivity index (χ1v) is 6.11. The summed E-state index contributed by atoms with van der Waals surface area (Å²) in [4.78, 5) is 12.1. The lowest BCUT2D eigenvalue weighted by Gasteiger charge is -2.05. The Hall–Kier alpha value is -1.26. The van der Waals surface area contributed by atoms with Crippen LogP contribution in [-0.4, -0.2) is 5.78 Å². The SMILES string of the molecule is O=C(c1ccc(F)cc1F)c1cc(Cl)ccc1Br. The molecule has 0 N–H and O–H groups in total. The van der Waals surface area contributed by atoms with Crippen LogP contribution in [0.25, 0.3) is 0 Å². The highest BCUT2D eigenvalue weighted by Crippen LogP contribution is 2.24. The molecule has 0 amide bonds. The smallest absolute Gasteiger partial charge is 0.197 e. The van der Waals surface area contributed by atoms with Gasteiger partial charge in [0.25, 0.3) is 0 Å². The molecule has 0 bridgehead atoms. The van der Waals surface area contributed by atoms with Crippen molar-refractivity contribution in [1.29, 1.82) is 0 Å². The zero-order valence-electron chi connectivity index (χ0n) is 8.88. The molecular formula is C13H6BrClF2O. The molecule has 0 saturated carbocycles. The lowest BCUT2D eigenvalue weighted by molar-refractivity contribution is 0.103. The Morgan fingerprint density at radius 1 is 1.06 bits per heavy atom. The fourth-order valence-corrected chi connectivity index (χ4v) is 2.09. The predicted molar refractivity (Wildman–Crippen MR) is 68.9 cm³/mol. The monoisotopic (exact) mass is 330 g/mol. The average Bonchev–Trinajstić information content (AvgIpc) is 2.31. The first kappa shape index (κ1) is 13.2. The van der Waals surface area contributed by atoms with Crippen LogP contribution in [0.2, 0.25) is 5.02 Å². The summed E-state index contributed by atoms with van der Waals surface area (Å²) in [5.41, 5.74) is 0.0346. The highest BCUT2D eigenvalue weighted by molar-refractivity contribution is 9.10. The van der Waals surface area contributed by atoms with Gasteiger partial charge >= 0.3 is 0 Å². The number of benzene rings is 2. The van der Waals surface area contributed by atoms with Crippen molar-refractivity contribution in [2.24, 2.45) is 0 Å². The van der Waals surface area contributed by atoms with Gasteiger partial charge in [-0.15, -0.1) is 0 Å². The van der Waals surface area contributed by atoms with Gasteiger partial charge in [-0.25, -0.2) is 8.78 Å². The van der Waals surface area contributed by atoms with Crippen LogP contribution in [0.15, 0.2) is 40.9 Å². The van der Waals surface area contributed by atoms with Crippen LogP contribution in [0, 0.1) is 11.6 Å². The molecule has 0 spiro atoms. The number of hydrogen-bond acceptors (Lipinski definition) is 1.